The average Bonchev–Trinajstić information content (AvgIpc) is 2.71. The summed E-state index contributed by atoms with van der Waals surface area (Å²) in [4.78, 5) is 29.6. The lowest BCUT2D eigenvalue weighted by Gasteiger charge is -2.18. The average molecular weight is 393 g/mol. The van der Waals surface area contributed by atoms with E-state index in [0.717, 1.165) is 16.8 Å². The zero-order valence-corrected chi connectivity index (χ0v) is 16.5. The van der Waals surface area contributed by atoms with Crippen molar-refractivity contribution in [3.63, 3.8) is 0 Å². The van der Waals surface area contributed by atoms with Gasteiger partial charge in [-0.2, -0.15) is 0 Å². The Morgan fingerprint density at radius 3 is 2.45 bits per heavy atom. The van der Waals surface area contributed by atoms with Gasteiger partial charge in [0.1, 0.15) is 13.2 Å². The summed E-state index contributed by atoms with van der Waals surface area (Å²) in [5.41, 5.74) is 2.84. The molecular weight excluding hydrogens is 370 g/mol. The second kappa shape index (κ2) is 7.87. The fourth-order valence-electron chi connectivity index (χ4n) is 3.29. The zero-order chi connectivity index (χ0) is 20.4. The van der Waals surface area contributed by atoms with E-state index in [4.69, 9.17) is 9.47 Å². The molecule has 29 heavy (non-hydrogen) atoms. The van der Waals surface area contributed by atoms with Crippen LogP contribution in [0.5, 0.6) is 11.5 Å². The van der Waals surface area contributed by atoms with Crippen molar-refractivity contribution in [3.05, 3.63) is 58.4 Å². The predicted molar refractivity (Wildman–Crippen MR) is 113 cm³/mol. The van der Waals surface area contributed by atoms with Crippen molar-refractivity contribution in [1.29, 1.82) is 0 Å². The molecule has 150 valence electrons. The second-order valence-corrected chi connectivity index (χ2v) is 7.20. The van der Waals surface area contributed by atoms with E-state index in [1.165, 1.54) is 0 Å². The third-order valence-corrected chi connectivity index (χ3v) is 4.87. The van der Waals surface area contributed by atoms with E-state index in [1.54, 1.807) is 6.07 Å². The lowest BCUT2D eigenvalue weighted by Crippen LogP contribution is -2.18. The van der Waals surface area contributed by atoms with Crippen molar-refractivity contribution in [2.24, 2.45) is 0 Å². The molecule has 7 heteroatoms. The molecule has 0 atom stereocenters. The van der Waals surface area contributed by atoms with E-state index >= 15 is 0 Å². The van der Waals surface area contributed by atoms with Gasteiger partial charge < -0.3 is 24.7 Å². The number of aryl methyl sites for hydroxylation is 1. The van der Waals surface area contributed by atoms with Gasteiger partial charge >= 0.3 is 0 Å². The van der Waals surface area contributed by atoms with Gasteiger partial charge in [0.15, 0.2) is 11.5 Å². The number of nitrogens with zero attached hydrogens (tertiary/aromatic N) is 1. The Balaban J connectivity index is 1.45. The SMILES string of the molecule is CN(C)c1ccc(NC(=O)CCc2cc3cc4c(cc3[nH]c2=O)OCCO4)cc1. The maximum absolute atomic E-state index is 12.4. The van der Waals surface area contributed by atoms with Gasteiger partial charge in [-0.15, -0.1) is 0 Å². The van der Waals surface area contributed by atoms with Crippen LogP contribution in [-0.4, -0.2) is 38.2 Å². The summed E-state index contributed by atoms with van der Waals surface area (Å²) in [6, 6.07) is 13.1. The summed E-state index contributed by atoms with van der Waals surface area (Å²) >= 11 is 0. The molecule has 0 fully saturated rings. The van der Waals surface area contributed by atoms with Crippen LogP contribution in [0.4, 0.5) is 11.4 Å². The quantitative estimate of drug-likeness (QED) is 0.696. The number of carbonyl (C=O) groups excluding carboxylic acids is 1. The molecule has 0 saturated carbocycles. The standard InChI is InChI=1S/C22H23N3O4/c1-25(2)17-6-4-16(5-7-17)23-21(26)8-3-14-11-15-12-19-20(29-10-9-28-19)13-18(15)24-22(14)27/h4-7,11-13H,3,8-10H2,1-2H3,(H,23,26)(H,24,27). The molecule has 0 unspecified atom stereocenters. The Hall–Kier alpha value is -3.48. The number of ether oxygens (including phenoxy) is 2. The lowest BCUT2D eigenvalue weighted by molar-refractivity contribution is -0.116. The van der Waals surface area contributed by atoms with Gasteiger partial charge in [0.2, 0.25) is 5.91 Å². The number of carbonyl (C=O) groups is 1. The van der Waals surface area contributed by atoms with Crippen LogP contribution in [0, 0.1) is 0 Å². The van der Waals surface area contributed by atoms with Crippen LogP contribution in [-0.2, 0) is 11.2 Å². The van der Waals surface area contributed by atoms with Crippen LogP contribution >= 0.6 is 0 Å². The number of fused-ring (bicyclic) bond motifs is 2. The third kappa shape index (κ3) is 4.18. The van der Waals surface area contributed by atoms with Crippen molar-refractivity contribution < 1.29 is 14.3 Å². The van der Waals surface area contributed by atoms with Crippen LogP contribution in [0.15, 0.2) is 47.3 Å². The van der Waals surface area contributed by atoms with Crippen LogP contribution in [0.2, 0.25) is 0 Å². The Bertz CT molecular complexity index is 1100. The molecule has 2 heterocycles. The van der Waals surface area contributed by atoms with E-state index in [1.807, 2.05) is 55.4 Å². The molecule has 0 saturated heterocycles. The highest BCUT2D eigenvalue weighted by Gasteiger charge is 2.14. The molecule has 2 aromatic carbocycles. The van der Waals surface area contributed by atoms with Crippen molar-refractivity contribution in [2.75, 3.05) is 37.5 Å². The van der Waals surface area contributed by atoms with Gasteiger partial charge in [0.25, 0.3) is 5.56 Å². The monoisotopic (exact) mass is 393 g/mol. The van der Waals surface area contributed by atoms with E-state index in [-0.39, 0.29) is 17.9 Å². The number of H-pyrrole nitrogens is 1. The number of pyridine rings is 1. The highest BCUT2D eigenvalue weighted by molar-refractivity contribution is 5.91. The Labute approximate surface area is 168 Å². The largest absolute Gasteiger partial charge is 0.486 e. The van der Waals surface area contributed by atoms with Crippen LogP contribution in [0.1, 0.15) is 12.0 Å². The summed E-state index contributed by atoms with van der Waals surface area (Å²) in [5, 5.41) is 3.72. The zero-order valence-electron chi connectivity index (χ0n) is 16.5. The maximum Gasteiger partial charge on any atom is 0.251 e. The van der Waals surface area contributed by atoms with E-state index in [2.05, 4.69) is 10.3 Å². The molecule has 2 N–H and O–H groups in total. The predicted octanol–water partition coefficient (Wildman–Crippen LogP) is 2.94. The summed E-state index contributed by atoms with van der Waals surface area (Å²) in [7, 11) is 3.92. The molecular formula is C22H23N3O4. The minimum absolute atomic E-state index is 0.135. The number of amides is 1. The highest BCUT2D eigenvalue weighted by atomic mass is 16.6. The summed E-state index contributed by atoms with van der Waals surface area (Å²) in [5.74, 6) is 1.16. The first-order chi connectivity index (χ1) is 14.0. The number of hydrogen-bond donors (Lipinski definition) is 2. The number of aromatic nitrogens is 1. The Kier molecular flexibility index (Phi) is 5.12. The number of aromatic amines is 1. The first kappa shape index (κ1) is 18.9. The summed E-state index contributed by atoms with van der Waals surface area (Å²) < 4.78 is 11.2. The van der Waals surface area contributed by atoms with E-state index in [0.29, 0.717) is 42.2 Å². The molecule has 0 radical (unpaired) electrons. The summed E-state index contributed by atoms with van der Waals surface area (Å²) in [6.45, 7) is 0.998. The van der Waals surface area contributed by atoms with Gasteiger partial charge in [0, 0.05) is 48.9 Å². The normalized spacial score (nSPS) is 12.6. The Morgan fingerprint density at radius 2 is 1.76 bits per heavy atom. The molecule has 0 spiro atoms. The fourth-order valence-corrected chi connectivity index (χ4v) is 3.29. The molecule has 1 amide bonds. The number of rotatable bonds is 5. The molecule has 1 aliphatic heterocycles. The van der Waals surface area contributed by atoms with Gasteiger partial charge in [-0.05, 0) is 42.8 Å². The van der Waals surface area contributed by atoms with Gasteiger partial charge in [0.05, 0.1) is 5.52 Å². The minimum Gasteiger partial charge on any atom is -0.486 e. The van der Waals surface area contributed by atoms with Gasteiger partial charge in [-0.1, -0.05) is 0 Å². The van der Waals surface area contributed by atoms with Crippen LogP contribution < -0.4 is 25.2 Å². The molecule has 1 aromatic heterocycles. The molecule has 4 rings (SSSR count). The van der Waals surface area contributed by atoms with Gasteiger partial charge in [-0.3, -0.25) is 9.59 Å². The second-order valence-electron chi connectivity index (χ2n) is 7.20. The van der Waals surface area contributed by atoms with E-state index in [9.17, 15) is 9.59 Å². The van der Waals surface area contributed by atoms with Crippen molar-refractivity contribution in [2.45, 2.75) is 12.8 Å². The molecule has 1 aliphatic rings. The van der Waals surface area contributed by atoms with Crippen molar-refractivity contribution in [1.82, 2.24) is 4.98 Å². The third-order valence-electron chi connectivity index (χ3n) is 4.87. The number of hydrogen-bond acceptors (Lipinski definition) is 5. The molecule has 0 bridgehead atoms. The van der Waals surface area contributed by atoms with Crippen molar-refractivity contribution in [3.8, 4) is 11.5 Å². The number of benzene rings is 2. The maximum atomic E-state index is 12.4. The molecule has 0 aliphatic carbocycles. The van der Waals surface area contributed by atoms with Crippen LogP contribution in [0.3, 0.4) is 0 Å². The molecule has 7 nitrogen and oxygen atoms in total. The number of anilines is 2. The fraction of sp³-hybridized carbons (Fsp3) is 0.273. The van der Waals surface area contributed by atoms with Gasteiger partial charge in [-0.25, -0.2) is 0 Å². The summed E-state index contributed by atoms with van der Waals surface area (Å²) in [6.07, 6.45) is 0.565. The molecule has 3 aromatic rings. The van der Waals surface area contributed by atoms with Crippen molar-refractivity contribution >= 4 is 28.2 Å². The van der Waals surface area contributed by atoms with Crippen LogP contribution in [0.25, 0.3) is 10.9 Å². The topological polar surface area (TPSA) is 83.7 Å². The first-order valence-corrected chi connectivity index (χ1v) is 9.52. The highest BCUT2D eigenvalue weighted by Crippen LogP contribution is 2.33. The minimum atomic E-state index is -0.197. The Morgan fingerprint density at radius 1 is 1.07 bits per heavy atom. The van der Waals surface area contributed by atoms with E-state index < -0.39 is 0 Å². The number of nitrogens with one attached hydrogen (secondary N) is 2. The lowest BCUT2D eigenvalue weighted by atomic mass is 10.1. The smallest absolute Gasteiger partial charge is 0.251 e. The first-order valence-electron chi connectivity index (χ1n) is 9.52.